The van der Waals surface area contributed by atoms with E-state index in [4.69, 9.17) is 0 Å². The van der Waals surface area contributed by atoms with Gasteiger partial charge in [-0.2, -0.15) is 26.0 Å². The highest BCUT2D eigenvalue weighted by Gasteiger charge is 2.45. The van der Waals surface area contributed by atoms with E-state index in [1.54, 1.807) is 0 Å². The largest absolute Gasteiger partial charge is 0.518 e. The highest BCUT2D eigenvalue weighted by atomic mass is 32.2. The predicted molar refractivity (Wildman–Crippen MR) is 40.1 cm³/mol. The van der Waals surface area contributed by atoms with Crippen molar-refractivity contribution in [3.05, 3.63) is 0 Å². The van der Waals surface area contributed by atoms with Crippen LogP contribution >= 0.6 is 0 Å². The number of halogens is 3. The molecule has 0 aromatic rings. The highest BCUT2D eigenvalue weighted by Crippen LogP contribution is 2.24. The Balaban J connectivity index is 4.62. The molecule has 9 heteroatoms. The number of ether oxygens (including phenoxy) is 1. The Bertz CT molecular complexity index is 331. The van der Waals surface area contributed by atoms with E-state index in [0.29, 0.717) is 0 Å². The van der Waals surface area contributed by atoms with Crippen LogP contribution in [-0.4, -0.2) is 32.7 Å². The van der Waals surface area contributed by atoms with Crippen LogP contribution in [0.4, 0.5) is 13.2 Å². The van der Waals surface area contributed by atoms with Gasteiger partial charge < -0.3 is 4.74 Å². The average Bonchev–Trinajstić information content (AvgIpc) is 1.99. The van der Waals surface area contributed by atoms with Gasteiger partial charge in [0.25, 0.3) is 0 Å². The van der Waals surface area contributed by atoms with E-state index in [9.17, 15) is 26.4 Å². The predicted octanol–water partition coefficient (Wildman–Crippen LogP) is 0.470. The van der Waals surface area contributed by atoms with Gasteiger partial charge in [-0.15, -0.1) is 0 Å². The Morgan fingerprint density at radius 3 is 2.36 bits per heavy atom. The van der Waals surface area contributed by atoms with Crippen LogP contribution in [0.25, 0.3) is 0 Å². The zero-order valence-electron chi connectivity index (χ0n) is 6.91. The standard InChI is InChI=1S/C5H6F3NO4S/c1-2-13-4(10)3-9-14(11,12)5(6,7)8/h3H,2H2,1H3/b9-3+. The number of nitrogens with zero attached hydrogens (tertiary/aromatic N) is 1. The summed E-state index contributed by atoms with van der Waals surface area (Å²) >= 11 is 0. The molecule has 5 nitrogen and oxygen atoms in total. The van der Waals surface area contributed by atoms with Crippen LogP contribution < -0.4 is 0 Å². The Hall–Kier alpha value is -1.12. The summed E-state index contributed by atoms with van der Waals surface area (Å²) in [5.41, 5.74) is -5.50. The van der Waals surface area contributed by atoms with Crippen LogP contribution in [0.3, 0.4) is 0 Å². The molecule has 0 radical (unpaired) electrons. The molecule has 0 aromatic carbocycles. The minimum atomic E-state index is -5.64. The number of carbonyl (C=O) groups is 1. The second kappa shape index (κ2) is 4.40. The average molecular weight is 233 g/mol. The number of carbonyl (C=O) groups excluding carboxylic acids is 1. The van der Waals surface area contributed by atoms with Crippen molar-refractivity contribution in [2.24, 2.45) is 4.40 Å². The molecule has 0 unspecified atom stereocenters. The van der Waals surface area contributed by atoms with E-state index in [-0.39, 0.29) is 12.8 Å². The van der Waals surface area contributed by atoms with Crippen molar-refractivity contribution in [2.45, 2.75) is 12.4 Å². The third-order valence-corrected chi connectivity index (χ3v) is 1.84. The third kappa shape index (κ3) is 3.73. The molecule has 14 heavy (non-hydrogen) atoms. The van der Waals surface area contributed by atoms with E-state index < -0.39 is 21.5 Å². The van der Waals surface area contributed by atoms with Crippen molar-refractivity contribution < 1.29 is 31.1 Å². The van der Waals surface area contributed by atoms with Gasteiger partial charge >= 0.3 is 21.5 Å². The number of alkyl halides is 3. The molecule has 0 aliphatic rings. The van der Waals surface area contributed by atoms with Gasteiger partial charge in [0, 0.05) is 0 Å². The lowest BCUT2D eigenvalue weighted by atomic mass is 10.7. The summed E-state index contributed by atoms with van der Waals surface area (Å²) in [6.45, 7) is 1.32. The second-order valence-corrected chi connectivity index (χ2v) is 3.53. The summed E-state index contributed by atoms with van der Waals surface area (Å²) in [6, 6.07) is 0. The van der Waals surface area contributed by atoms with Crippen LogP contribution in [0.2, 0.25) is 0 Å². The van der Waals surface area contributed by atoms with Crippen molar-refractivity contribution in [2.75, 3.05) is 6.61 Å². The molecule has 0 atom stereocenters. The summed E-state index contributed by atoms with van der Waals surface area (Å²) in [5.74, 6) is -1.25. The minimum Gasteiger partial charge on any atom is -0.462 e. The van der Waals surface area contributed by atoms with Crippen molar-refractivity contribution in [3.8, 4) is 0 Å². The molecule has 0 spiro atoms. The Kier molecular flexibility index (Phi) is 4.05. The van der Waals surface area contributed by atoms with E-state index >= 15 is 0 Å². The molecule has 0 fully saturated rings. The molecular weight excluding hydrogens is 227 g/mol. The maximum Gasteiger partial charge on any atom is 0.518 e. The molecule has 0 N–H and O–H groups in total. The Labute approximate surface area is 77.6 Å². The molecule has 0 saturated heterocycles. The normalized spacial score (nSPS) is 13.1. The third-order valence-electron chi connectivity index (χ3n) is 0.876. The van der Waals surface area contributed by atoms with Crippen molar-refractivity contribution >= 4 is 22.2 Å². The molecule has 0 bridgehead atoms. The van der Waals surface area contributed by atoms with Crippen LogP contribution in [0.1, 0.15) is 6.92 Å². The van der Waals surface area contributed by atoms with Gasteiger partial charge in [-0.3, -0.25) is 0 Å². The van der Waals surface area contributed by atoms with E-state index in [2.05, 4.69) is 9.13 Å². The van der Waals surface area contributed by atoms with Crippen molar-refractivity contribution in [1.29, 1.82) is 0 Å². The van der Waals surface area contributed by atoms with E-state index in [1.807, 2.05) is 0 Å². The summed E-state index contributed by atoms with van der Waals surface area (Å²) in [4.78, 5) is 10.4. The quantitative estimate of drug-likeness (QED) is 0.524. The first-order valence-corrected chi connectivity index (χ1v) is 4.68. The van der Waals surface area contributed by atoms with Gasteiger partial charge in [0.1, 0.15) is 6.21 Å². The van der Waals surface area contributed by atoms with Gasteiger partial charge in [0.15, 0.2) is 0 Å². The molecule has 0 amide bonds. The lowest BCUT2D eigenvalue weighted by molar-refractivity contribution is -0.134. The molecule has 82 valence electrons. The molecule has 0 aromatic heterocycles. The van der Waals surface area contributed by atoms with Crippen LogP contribution in [0.15, 0.2) is 4.40 Å². The summed E-state index contributed by atoms with van der Waals surface area (Å²) < 4.78 is 61.5. The number of hydrogen-bond acceptors (Lipinski definition) is 4. The first-order chi connectivity index (χ1) is 6.20. The first-order valence-electron chi connectivity index (χ1n) is 3.24. The fourth-order valence-electron chi connectivity index (χ4n) is 0.352. The molecule has 0 saturated carbocycles. The van der Waals surface area contributed by atoms with Gasteiger partial charge in [0.05, 0.1) is 6.61 Å². The molecule has 0 aliphatic carbocycles. The number of esters is 1. The fourth-order valence-corrected chi connectivity index (χ4v) is 0.696. The number of rotatable bonds is 3. The van der Waals surface area contributed by atoms with Gasteiger partial charge in [-0.25, -0.2) is 4.79 Å². The minimum absolute atomic E-state index is 0.0354. The maximum atomic E-state index is 11.6. The Morgan fingerprint density at radius 1 is 1.50 bits per heavy atom. The maximum absolute atomic E-state index is 11.6. The van der Waals surface area contributed by atoms with Gasteiger partial charge in [-0.05, 0) is 6.92 Å². The van der Waals surface area contributed by atoms with Crippen molar-refractivity contribution in [1.82, 2.24) is 0 Å². The SMILES string of the molecule is CCOC(=O)/C=N/S(=O)(=O)C(F)(F)F. The smallest absolute Gasteiger partial charge is 0.462 e. The molecule has 0 rings (SSSR count). The summed E-state index contributed by atoms with van der Waals surface area (Å²) in [7, 11) is -5.64. The summed E-state index contributed by atoms with van der Waals surface area (Å²) in [5, 5.41) is 0. The molecular formula is C5H6F3NO4S. The van der Waals surface area contributed by atoms with Crippen LogP contribution in [0, 0.1) is 0 Å². The summed E-state index contributed by atoms with van der Waals surface area (Å²) in [6.07, 6.45) is -0.0354. The highest BCUT2D eigenvalue weighted by molar-refractivity contribution is 7.91. The topological polar surface area (TPSA) is 72.8 Å². The fraction of sp³-hybridized carbons (Fsp3) is 0.600. The van der Waals surface area contributed by atoms with Crippen LogP contribution in [-0.2, 0) is 19.6 Å². The van der Waals surface area contributed by atoms with Crippen molar-refractivity contribution in [3.63, 3.8) is 0 Å². The van der Waals surface area contributed by atoms with Gasteiger partial charge in [-0.1, -0.05) is 0 Å². The lowest BCUT2D eigenvalue weighted by Gasteiger charge is -2.01. The number of sulfonamides is 1. The second-order valence-electron chi connectivity index (χ2n) is 1.91. The first kappa shape index (κ1) is 12.9. The lowest BCUT2D eigenvalue weighted by Crippen LogP contribution is -2.21. The van der Waals surface area contributed by atoms with Gasteiger partial charge in [0.2, 0.25) is 0 Å². The zero-order valence-corrected chi connectivity index (χ0v) is 7.72. The van der Waals surface area contributed by atoms with Crippen LogP contribution in [0.5, 0.6) is 0 Å². The molecule has 0 heterocycles. The Morgan fingerprint density at radius 2 is 2.00 bits per heavy atom. The van der Waals surface area contributed by atoms with E-state index in [1.165, 1.54) is 6.92 Å². The molecule has 0 aliphatic heterocycles. The number of hydrogen-bond donors (Lipinski definition) is 0. The van der Waals surface area contributed by atoms with E-state index in [0.717, 1.165) is 0 Å². The monoisotopic (exact) mass is 233 g/mol. The zero-order chi connectivity index (χ0) is 11.4.